The van der Waals surface area contributed by atoms with Crippen molar-refractivity contribution in [2.45, 2.75) is 26.6 Å². The molecule has 4 heteroatoms. The van der Waals surface area contributed by atoms with Crippen molar-refractivity contribution in [2.24, 2.45) is 0 Å². The van der Waals surface area contributed by atoms with Crippen LogP contribution in [0.2, 0.25) is 0 Å². The third kappa shape index (κ3) is 1.31. The van der Waals surface area contributed by atoms with E-state index >= 15 is 0 Å². The van der Waals surface area contributed by atoms with E-state index in [0.29, 0.717) is 10.5 Å². The quantitative estimate of drug-likeness (QED) is 0.450. The smallest absolute Gasteiger partial charge is 1.00 e. The first-order chi connectivity index (χ1) is 5.72. The molecule has 0 amide bonds. The summed E-state index contributed by atoms with van der Waals surface area (Å²) in [5.74, 6) is 0. The van der Waals surface area contributed by atoms with Gasteiger partial charge in [0.1, 0.15) is 4.93 Å². The number of hydrogen-bond acceptors (Lipinski definition) is 3. The number of hydrogen-bond donors (Lipinski definition) is 1. The molecule has 68 valence electrons. The Morgan fingerprint density at radius 1 is 1.69 bits per heavy atom. The molecule has 2 saturated heterocycles. The minimum Gasteiger partial charge on any atom is -1.00 e. The van der Waals surface area contributed by atoms with Gasteiger partial charge in [-0.3, -0.25) is 0 Å². The Bertz CT molecular complexity index is 302. The zero-order chi connectivity index (χ0) is 8.40. The third-order valence-corrected chi connectivity index (χ3v) is 6.12. The monoisotopic (exact) mass is 240 g/mol. The summed E-state index contributed by atoms with van der Waals surface area (Å²) in [6.07, 6.45) is 6.99. The maximum absolute atomic E-state index is 10.0. The van der Waals surface area contributed by atoms with Crippen LogP contribution in [0.5, 0.6) is 0 Å². The van der Waals surface area contributed by atoms with Crippen LogP contribution in [-0.4, -0.2) is 63.0 Å². The zero-order valence-corrected chi connectivity index (χ0v) is 11.1. The van der Waals surface area contributed by atoms with E-state index < -0.39 is 4.93 Å². The Morgan fingerprint density at radius 3 is 3.15 bits per heavy atom. The average molecular weight is 240 g/mol. The summed E-state index contributed by atoms with van der Waals surface area (Å²) in [6.45, 7) is 3.75. The van der Waals surface area contributed by atoms with Gasteiger partial charge in [-0.25, -0.2) is 0 Å². The van der Waals surface area contributed by atoms with Crippen molar-refractivity contribution in [1.29, 1.82) is 0 Å². The average Bonchev–Trinajstić information content (AvgIpc) is 2.82. The zero-order valence-electron chi connectivity index (χ0n) is 9.27. The van der Waals surface area contributed by atoms with Crippen LogP contribution in [0.4, 0.5) is 0 Å². The second-order valence-corrected chi connectivity index (χ2v) is 6.44. The first-order valence-electron chi connectivity index (χ1n) is 4.10. The van der Waals surface area contributed by atoms with Crippen molar-refractivity contribution >= 4 is 61.3 Å². The van der Waals surface area contributed by atoms with Crippen LogP contribution in [0.15, 0.2) is 24.8 Å². The molecule has 1 nitrogen and oxygen atoms in total. The van der Waals surface area contributed by atoms with Crippen LogP contribution >= 0.6 is 23.5 Å². The van der Waals surface area contributed by atoms with Gasteiger partial charge in [-0.05, 0) is 12.5 Å². The maximum Gasteiger partial charge on any atom is 2.00 e. The van der Waals surface area contributed by atoms with Crippen LogP contribution < -0.4 is 0 Å². The summed E-state index contributed by atoms with van der Waals surface area (Å²) in [7, 11) is 0. The Labute approximate surface area is 119 Å². The molecule has 0 spiro atoms. The van der Waals surface area contributed by atoms with Gasteiger partial charge >= 0.3 is 37.7 Å². The summed E-state index contributed by atoms with van der Waals surface area (Å²) in [6, 6.07) is 0. The van der Waals surface area contributed by atoms with Crippen molar-refractivity contribution < 1.29 is 7.96 Å². The van der Waals surface area contributed by atoms with Gasteiger partial charge in [-0.15, -0.1) is 30.1 Å². The van der Waals surface area contributed by atoms with Crippen molar-refractivity contribution in [1.82, 2.24) is 0 Å². The first kappa shape index (κ1) is 10.9. The van der Waals surface area contributed by atoms with Crippen molar-refractivity contribution in [3.8, 4) is 0 Å². The molecule has 0 aromatic rings. The van der Waals surface area contributed by atoms with Gasteiger partial charge < -0.3 is 7.96 Å². The van der Waals surface area contributed by atoms with E-state index in [1.165, 1.54) is 0 Å². The van der Waals surface area contributed by atoms with Crippen molar-refractivity contribution in [3.63, 3.8) is 0 Å². The molecule has 1 aliphatic carbocycles. The summed E-state index contributed by atoms with van der Waals surface area (Å²) in [5.41, 5.74) is 0. The minimum absolute atomic E-state index is 0. The molecular weight excluding hydrogens is 228 g/mol. The van der Waals surface area contributed by atoms with E-state index in [-0.39, 0.29) is 45.3 Å². The van der Waals surface area contributed by atoms with Crippen LogP contribution in [0.25, 0.3) is 0 Å². The Hall–Kier alpha value is 1.40. The number of fused-ring (bicyclic) bond motifs is 3. The molecule has 0 aromatic heterocycles. The van der Waals surface area contributed by atoms with Gasteiger partial charge in [0.15, 0.2) is 0 Å². The predicted octanol–water partition coefficient (Wildman–Crippen LogP) is 1.63. The number of thioether (sulfide) groups is 2. The van der Waals surface area contributed by atoms with E-state index in [1.54, 1.807) is 11.8 Å². The van der Waals surface area contributed by atoms with Gasteiger partial charge in [0, 0.05) is 10.5 Å². The summed E-state index contributed by atoms with van der Waals surface area (Å²) in [4.78, 5) is -0.550. The molecule has 1 N–H and O–H groups in total. The van der Waals surface area contributed by atoms with Gasteiger partial charge in [-0.2, -0.15) is 0 Å². The third-order valence-electron chi connectivity index (χ3n) is 2.85. The summed E-state index contributed by atoms with van der Waals surface area (Å²) < 4.78 is 0.0961. The van der Waals surface area contributed by atoms with Crippen LogP contribution in [-0.2, 0) is 0 Å². The van der Waals surface area contributed by atoms with E-state index in [4.69, 9.17) is 0 Å². The second-order valence-electron chi connectivity index (χ2n) is 3.56. The largest absolute Gasteiger partial charge is 2.00 e. The fourth-order valence-corrected chi connectivity index (χ4v) is 5.18. The molecule has 2 fully saturated rings. The van der Waals surface area contributed by atoms with Crippen molar-refractivity contribution in [3.05, 3.63) is 24.8 Å². The molecule has 4 unspecified atom stereocenters. The van der Waals surface area contributed by atoms with Gasteiger partial charge in [0.05, 0.1) is 4.75 Å². The number of rotatable bonds is 2. The SMILES string of the molecule is C=CCC12SC1(O)C=CC1SC12.[Ca+2].[H-].[H-]. The molecule has 0 aromatic carbocycles. The summed E-state index contributed by atoms with van der Waals surface area (Å²) >= 11 is 3.67. The van der Waals surface area contributed by atoms with Crippen LogP contribution in [0.3, 0.4) is 0 Å². The fraction of sp³-hybridized carbons (Fsp3) is 0.556. The maximum atomic E-state index is 10.0. The van der Waals surface area contributed by atoms with Gasteiger partial charge in [0.25, 0.3) is 0 Å². The minimum atomic E-state index is -0.550. The second kappa shape index (κ2) is 3.19. The Balaban J connectivity index is 0.000000653. The van der Waals surface area contributed by atoms with E-state index in [2.05, 4.69) is 12.7 Å². The first-order valence-corrected chi connectivity index (χ1v) is 5.86. The molecule has 3 rings (SSSR count). The molecule has 13 heavy (non-hydrogen) atoms. The number of allylic oxidation sites excluding steroid dienone is 1. The molecule has 0 radical (unpaired) electrons. The summed E-state index contributed by atoms with van der Waals surface area (Å²) in [5, 5.41) is 11.4. The van der Waals surface area contributed by atoms with E-state index in [1.807, 2.05) is 23.9 Å². The molecule has 2 aliphatic heterocycles. The standard InChI is InChI=1S/C9H10OS2.Ca.2H/c1-2-4-8-7-6(11-7)3-5-9(8,10)12-8;;;/h2-3,5-7,10H,1,4H2;;;/q;+2;2*-1. The van der Waals surface area contributed by atoms with Gasteiger partial charge in [0.2, 0.25) is 0 Å². The fourth-order valence-electron chi connectivity index (χ4n) is 2.08. The van der Waals surface area contributed by atoms with Crippen molar-refractivity contribution in [2.75, 3.05) is 0 Å². The molecule has 3 aliphatic rings. The van der Waals surface area contributed by atoms with Gasteiger partial charge in [-0.1, -0.05) is 12.2 Å². The predicted molar refractivity (Wildman–Crippen MR) is 62.4 cm³/mol. The molecule has 4 atom stereocenters. The molecule has 0 saturated carbocycles. The molecule has 0 bridgehead atoms. The molecular formula is C9H12CaOS2. The van der Waals surface area contributed by atoms with Crippen LogP contribution in [0.1, 0.15) is 9.27 Å². The topological polar surface area (TPSA) is 20.2 Å². The normalized spacial score (nSPS) is 54.2. The van der Waals surface area contributed by atoms with Crippen LogP contribution in [0, 0.1) is 0 Å². The Kier molecular flexibility index (Phi) is 2.68. The molecule has 2 heterocycles. The number of aliphatic hydroxyl groups is 1. The Morgan fingerprint density at radius 2 is 2.46 bits per heavy atom. The van der Waals surface area contributed by atoms with E-state index in [9.17, 15) is 5.11 Å². The van der Waals surface area contributed by atoms with E-state index in [0.717, 1.165) is 6.42 Å².